The molecule has 2 atom stereocenters. The van der Waals surface area contributed by atoms with Crippen molar-refractivity contribution in [3.8, 4) is 0 Å². The number of aryl methyl sites for hydroxylation is 1. The average Bonchev–Trinajstić information content (AvgIpc) is 2.82. The Hall–Kier alpha value is -1.32. The zero-order chi connectivity index (χ0) is 12.3. The van der Waals surface area contributed by atoms with Crippen LogP contribution in [0, 0.1) is 11.8 Å². The summed E-state index contributed by atoms with van der Waals surface area (Å²) in [7, 11) is 0. The molecule has 1 aliphatic carbocycles. The van der Waals surface area contributed by atoms with Gasteiger partial charge in [0.15, 0.2) is 0 Å². The largest absolute Gasteiger partial charge is 0.356 e. The number of carbonyl (C=O) groups is 1. The number of H-pyrrole nitrogens is 1. The number of imidazole rings is 1. The van der Waals surface area contributed by atoms with Gasteiger partial charge in [0.25, 0.3) is 0 Å². The quantitative estimate of drug-likeness (QED) is 0.834. The van der Waals surface area contributed by atoms with Gasteiger partial charge in [-0.25, -0.2) is 4.98 Å². The average molecular weight is 235 g/mol. The first-order chi connectivity index (χ1) is 8.20. The van der Waals surface area contributed by atoms with Crippen molar-refractivity contribution in [1.29, 1.82) is 0 Å². The third-order valence-electron chi connectivity index (χ3n) is 3.68. The Bertz CT molecular complexity index is 386. The first-order valence-electron chi connectivity index (χ1n) is 6.49. The molecule has 0 aromatic carbocycles. The second-order valence-corrected chi connectivity index (χ2v) is 5.03. The summed E-state index contributed by atoms with van der Waals surface area (Å²) < 4.78 is 0. The van der Waals surface area contributed by atoms with Crippen LogP contribution in [0.2, 0.25) is 0 Å². The lowest BCUT2D eigenvalue weighted by Crippen LogP contribution is -2.36. The van der Waals surface area contributed by atoms with Crippen LogP contribution in [0.3, 0.4) is 0 Å². The Morgan fingerprint density at radius 2 is 2.53 bits per heavy atom. The Morgan fingerprint density at radius 1 is 1.71 bits per heavy atom. The summed E-state index contributed by atoms with van der Waals surface area (Å²) in [6.07, 6.45) is 5.48. The van der Waals surface area contributed by atoms with Crippen LogP contribution in [-0.2, 0) is 17.6 Å². The molecule has 0 saturated carbocycles. The number of fused-ring (bicyclic) bond motifs is 1. The van der Waals surface area contributed by atoms with Crippen LogP contribution in [0.1, 0.15) is 38.1 Å². The van der Waals surface area contributed by atoms with E-state index in [4.69, 9.17) is 0 Å². The number of nitrogens with one attached hydrogen (secondary N) is 2. The molecule has 0 saturated heterocycles. The predicted octanol–water partition coefficient (Wildman–Crippen LogP) is 1.68. The number of aromatic amines is 1. The highest BCUT2D eigenvalue weighted by atomic mass is 16.1. The van der Waals surface area contributed by atoms with Crippen molar-refractivity contribution in [2.45, 2.75) is 39.5 Å². The number of nitrogens with zero attached hydrogens (tertiary/aromatic N) is 1. The number of hydrogen-bond donors (Lipinski definition) is 2. The van der Waals surface area contributed by atoms with Gasteiger partial charge in [0, 0.05) is 24.6 Å². The normalized spacial score (nSPS) is 20.7. The van der Waals surface area contributed by atoms with Gasteiger partial charge in [0.05, 0.1) is 12.0 Å². The zero-order valence-corrected chi connectivity index (χ0v) is 10.6. The summed E-state index contributed by atoms with van der Waals surface area (Å²) in [6.45, 7) is 5.10. The van der Waals surface area contributed by atoms with Crippen LogP contribution in [0.15, 0.2) is 6.33 Å². The molecule has 1 aliphatic rings. The maximum absolute atomic E-state index is 12.0. The number of carbonyl (C=O) groups excluding carboxylic acids is 1. The molecule has 4 heteroatoms. The Labute approximate surface area is 102 Å². The Balaban J connectivity index is 1.86. The van der Waals surface area contributed by atoms with E-state index >= 15 is 0 Å². The van der Waals surface area contributed by atoms with Gasteiger partial charge in [-0.2, -0.15) is 0 Å². The third kappa shape index (κ3) is 2.87. The summed E-state index contributed by atoms with van der Waals surface area (Å²) in [5, 5.41) is 3.05. The molecule has 17 heavy (non-hydrogen) atoms. The summed E-state index contributed by atoms with van der Waals surface area (Å²) in [4.78, 5) is 19.4. The van der Waals surface area contributed by atoms with Gasteiger partial charge in [0.1, 0.15) is 0 Å². The third-order valence-corrected chi connectivity index (χ3v) is 3.68. The van der Waals surface area contributed by atoms with Crippen LogP contribution < -0.4 is 5.32 Å². The second kappa shape index (κ2) is 5.34. The van der Waals surface area contributed by atoms with E-state index in [1.165, 1.54) is 0 Å². The highest BCUT2D eigenvalue weighted by Crippen LogP contribution is 2.22. The highest BCUT2D eigenvalue weighted by Gasteiger charge is 2.25. The fourth-order valence-electron chi connectivity index (χ4n) is 2.19. The lowest BCUT2D eigenvalue weighted by molar-refractivity contribution is -0.125. The van der Waals surface area contributed by atoms with Crippen molar-refractivity contribution in [2.75, 3.05) is 6.54 Å². The van der Waals surface area contributed by atoms with Crippen LogP contribution in [-0.4, -0.2) is 22.4 Å². The minimum atomic E-state index is 0.118. The van der Waals surface area contributed by atoms with Crippen molar-refractivity contribution in [2.24, 2.45) is 11.8 Å². The molecule has 1 aromatic rings. The lowest BCUT2D eigenvalue weighted by Gasteiger charge is -2.21. The first-order valence-corrected chi connectivity index (χ1v) is 6.49. The Kier molecular flexibility index (Phi) is 3.82. The first kappa shape index (κ1) is 12.1. The smallest absolute Gasteiger partial charge is 0.223 e. The van der Waals surface area contributed by atoms with Crippen molar-refractivity contribution >= 4 is 5.91 Å². The molecule has 0 fully saturated rings. The molecule has 1 amide bonds. The van der Waals surface area contributed by atoms with Gasteiger partial charge in [0.2, 0.25) is 5.91 Å². The molecule has 0 radical (unpaired) electrons. The van der Waals surface area contributed by atoms with Gasteiger partial charge in [-0.1, -0.05) is 20.3 Å². The molecule has 1 heterocycles. The molecule has 0 aliphatic heterocycles. The number of aromatic nitrogens is 2. The fourth-order valence-corrected chi connectivity index (χ4v) is 2.19. The monoisotopic (exact) mass is 235 g/mol. The molecule has 94 valence electrons. The van der Waals surface area contributed by atoms with E-state index in [2.05, 4.69) is 29.1 Å². The van der Waals surface area contributed by atoms with Gasteiger partial charge >= 0.3 is 0 Å². The summed E-state index contributed by atoms with van der Waals surface area (Å²) >= 11 is 0. The SMILES string of the molecule is CCC(C)CNC(=O)C1CCc2nc[nH]c2C1. The number of hydrogen-bond acceptors (Lipinski definition) is 2. The summed E-state index contributed by atoms with van der Waals surface area (Å²) in [6, 6.07) is 0. The van der Waals surface area contributed by atoms with Crippen molar-refractivity contribution in [1.82, 2.24) is 15.3 Å². The van der Waals surface area contributed by atoms with E-state index in [-0.39, 0.29) is 11.8 Å². The molecule has 0 spiro atoms. The molecule has 4 nitrogen and oxygen atoms in total. The molecular formula is C13H21N3O. The second-order valence-electron chi connectivity index (χ2n) is 5.03. The number of amides is 1. The fraction of sp³-hybridized carbons (Fsp3) is 0.692. The topological polar surface area (TPSA) is 57.8 Å². The molecule has 2 rings (SSSR count). The van der Waals surface area contributed by atoms with Crippen LogP contribution in [0.4, 0.5) is 0 Å². The molecular weight excluding hydrogens is 214 g/mol. The van der Waals surface area contributed by atoms with E-state index in [1.54, 1.807) is 6.33 Å². The summed E-state index contributed by atoms with van der Waals surface area (Å²) in [5.74, 6) is 0.878. The molecule has 2 N–H and O–H groups in total. The zero-order valence-electron chi connectivity index (χ0n) is 10.6. The molecule has 0 bridgehead atoms. The summed E-state index contributed by atoms with van der Waals surface area (Å²) in [5.41, 5.74) is 2.27. The number of rotatable bonds is 4. The van der Waals surface area contributed by atoms with Crippen LogP contribution in [0.5, 0.6) is 0 Å². The van der Waals surface area contributed by atoms with E-state index < -0.39 is 0 Å². The van der Waals surface area contributed by atoms with Crippen LogP contribution >= 0.6 is 0 Å². The highest BCUT2D eigenvalue weighted by molar-refractivity contribution is 5.79. The van der Waals surface area contributed by atoms with E-state index in [9.17, 15) is 4.79 Å². The van der Waals surface area contributed by atoms with E-state index in [0.29, 0.717) is 5.92 Å². The van der Waals surface area contributed by atoms with E-state index in [0.717, 1.165) is 43.6 Å². The van der Waals surface area contributed by atoms with Crippen molar-refractivity contribution < 1.29 is 4.79 Å². The van der Waals surface area contributed by atoms with Crippen LogP contribution in [0.25, 0.3) is 0 Å². The van der Waals surface area contributed by atoms with E-state index in [1.807, 2.05) is 0 Å². The minimum Gasteiger partial charge on any atom is -0.356 e. The standard InChI is InChI=1S/C13H21N3O/c1-3-9(2)7-14-13(17)10-4-5-11-12(6-10)16-8-15-11/h8-10H,3-7H2,1-2H3,(H,14,17)(H,15,16). The maximum Gasteiger partial charge on any atom is 0.223 e. The Morgan fingerprint density at radius 3 is 3.29 bits per heavy atom. The predicted molar refractivity (Wildman–Crippen MR) is 66.6 cm³/mol. The molecule has 2 unspecified atom stereocenters. The van der Waals surface area contributed by atoms with Gasteiger partial charge in [-0.05, 0) is 18.8 Å². The van der Waals surface area contributed by atoms with Crippen molar-refractivity contribution in [3.63, 3.8) is 0 Å². The maximum atomic E-state index is 12.0. The van der Waals surface area contributed by atoms with Gasteiger partial charge in [-0.15, -0.1) is 0 Å². The van der Waals surface area contributed by atoms with Gasteiger partial charge < -0.3 is 10.3 Å². The van der Waals surface area contributed by atoms with Crippen molar-refractivity contribution in [3.05, 3.63) is 17.7 Å². The minimum absolute atomic E-state index is 0.118. The molecule has 1 aromatic heterocycles. The lowest BCUT2D eigenvalue weighted by atomic mass is 9.89. The van der Waals surface area contributed by atoms with Gasteiger partial charge in [-0.3, -0.25) is 4.79 Å².